The lowest BCUT2D eigenvalue weighted by Crippen LogP contribution is -2.37. The molecule has 0 aliphatic carbocycles. The van der Waals surface area contributed by atoms with Crippen molar-refractivity contribution in [1.29, 1.82) is 0 Å². The molecule has 2 N–H and O–H groups in total. The Morgan fingerprint density at radius 3 is 2.52 bits per heavy atom. The van der Waals surface area contributed by atoms with E-state index in [1.807, 2.05) is 0 Å². The molecule has 0 aliphatic rings. The Balaban J connectivity index is 1.86. The number of nitrogens with zero attached hydrogens (tertiary/aromatic N) is 2. The van der Waals surface area contributed by atoms with Crippen LogP contribution in [-0.2, 0) is 16.1 Å². The Kier molecular flexibility index (Phi) is 6.08. The SMILES string of the molecule is O=C(NCc1cccnc1)C(=O)N/N=C/c1c(Cl)cccc1Cl. The minimum absolute atomic E-state index is 0.195. The van der Waals surface area contributed by atoms with Crippen molar-refractivity contribution in [2.75, 3.05) is 0 Å². The van der Waals surface area contributed by atoms with Crippen LogP contribution in [0.3, 0.4) is 0 Å². The normalized spacial score (nSPS) is 10.5. The van der Waals surface area contributed by atoms with Crippen molar-refractivity contribution in [2.24, 2.45) is 5.10 Å². The molecule has 0 unspecified atom stereocenters. The first-order valence-corrected chi connectivity index (χ1v) is 7.27. The molecular weight excluding hydrogens is 339 g/mol. The summed E-state index contributed by atoms with van der Waals surface area (Å²) in [6.45, 7) is 0.195. The fraction of sp³-hybridized carbons (Fsp3) is 0.0667. The molecule has 8 heteroatoms. The number of pyridine rings is 1. The molecule has 0 atom stereocenters. The van der Waals surface area contributed by atoms with Crippen LogP contribution in [0.2, 0.25) is 10.0 Å². The molecular formula is C15H12Cl2N4O2. The zero-order valence-electron chi connectivity index (χ0n) is 11.8. The van der Waals surface area contributed by atoms with E-state index in [2.05, 4.69) is 20.8 Å². The Bertz CT molecular complexity index is 715. The summed E-state index contributed by atoms with van der Waals surface area (Å²) in [5.41, 5.74) is 3.34. The molecule has 2 aromatic rings. The summed E-state index contributed by atoms with van der Waals surface area (Å²) >= 11 is 11.9. The van der Waals surface area contributed by atoms with Gasteiger partial charge in [0.15, 0.2) is 0 Å². The number of hydrazone groups is 1. The van der Waals surface area contributed by atoms with Crippen LogP contribution in [0, 0.1) is 0 Å². The number of halogens is 2. The number of carbonyl (C=O) groups is 2. The third-order valence-electron chi connectivity index (χ3n) is 2.74. The molecule has 1 aromatic carbocycles. The molecule has 0 aliphatic heterocycles. The minimum Gasteiger partial charge on any atom is -0.344 e. The number of rotatable bonds is 4. The van der Waals surface area contributed by atoms with E-state index in [4.69, 9.17) is 23.2 Å². The van der Waals surface area contributed by atoms with Crippen LogP contribution in [-0.4, -0.2) is 23.0 Å². The Morgan fingerprint density at radius 1 is 1.13 bits per heavy atom. The van der Waals surface area contributed by atoms with Crippen molar-refractivity contribution in [3.8, 4) is 0 Å². The van der Waals surface area contributed by atoms with Crippen LogP contribution in [0.5, 0.6) is 0 Å². The van der Waals surface area contributed by atoms with Crippen molar-refractivity contribution in [2.45, 2.75) is 6.54 Å². The quantitative estimate of drug-likeness (QED) is 0.503. The number of aromatic nitrogens is 1. The lowest BCUT2D eigenvalue weighted by atomic mass is 10.2. The lowest BCUT2D eigenvalue weighted by molar-refractivity contribution is -0.139. The van der Waals surface area contributed by atoms with Crippen LogP contribution in [0.25, 0.3) is 0 Å². The number of carbonyl (C=O) groups excluding carboxylic acids is 2. The highest BCUT2D eigenvalue weighted by Gasteiger charge is 2.12. The molecule has 0 fully saturated rings. The highest BCUT2D eigenvalue weighted by atomic mass is 35.5. The van der Waals surface area contributed by atoms with Gasteiger partial charge in [-0.05, 0) is 23.8 Å². The molecule has 0 spiro atoms. The first kappa shape index (κ1) is 16.9. The van der Waals surface area contributed by atoms with Crippen LogP contribution in [0.4, 0.5) is 0 Å². The summed E-state index contributed by atoms with van der Waals surface area (Å²) in [6, 6.07) is 8.48. The number of amides is 2. The lowest BCUT2D eigenvalue weighted by Gasteiger charge is -2.04. The molecule has 1 aromatic heterocycles. The van der Waals surface area contributed by atoms with Gasteiger partial charge in [0.05, 0.1) is 16.3 Å². The molecule has 0 saturated heterocycles. The standard InChI is InChI=1S/C15H12Cl2N4O2/c16-12-4-1-5-13(17)11(12)9-20-21-15(23)14(22)19-8-10-3-2-6-18-7-10/h1-7,9H,8H2,(H,19,22)(H,21,23)/b20-9+. The maximum absolute atomic E-state index is 11.6. The zero-order chi connectivity index (χ0) is 16.7. The number of benzene rings is 1. The van der Waals surface area contributed by atoms with Gasteiger partial charge in [0, 0.05) is 24.5 Å². The van der Waals surface area contributed by atoms with Crippen LogP contribution < -0.4 is 10.7 Å². The van der Waals surface area contributed by atoms with Gasteiger partial charge in [-0.25, -0.2) is 5.43 Å². The van der Waals surface area contributed by atoms with E-state index in [9.17, 15) is 9.59 Å². The van der Waals surface area contributed by atoms with Gasteiger partial charge in [-0.1, -0.05) is 35.3 Å². The molecule has 118 valence electrons. The fourth-order valence-corrected chi connectivity index (χ4v) is 2.10. The van der Waals surface area contributed by atoms with E-state index in [-0.39, 0.29) is 6.54 Å². The fourth-order valence-electron chi connectivity index (χ4n) is 1.61. The highest BCUT2D eigenvalue weighted by Crippen LogP contribution is 2.21. The predicted molar refractivity (Wildman–Crippen MR) is 88.3 cm³/mol. The van der Waals surface area contributed by atoms with E-state index >= 15 is 0 Å². The van der Waals surface area contributed by atoms with Gasteiger partial charge in [-0.15, -0.1) is 0 Å². The second kappa shape index (κ2) is 8.26. The van der Waals surface area contributed by atoms with Gasteiger partial charge in [0.25, 0.3) is 0 Å². The van der Waals surface area contributed by atoms with Crippen molar-refractivity contribution in [1.82, 2.24) is 15.7 Å². The maximum Gasteiger partial charge on any atom is 0.329 e. The summed E-state index contributed by atoms with van der Waals surface area (Å²) in [6.07, 6.45) is 4.49. The highest BCUT2D eigenvalue weighted by molar-refractivity contribution is 6.38. The zero-order valence-corrected chi connectivity index (χ0v) is 13.3. The Hall–Kier alpha value is -2.44. The van der Waals surface area contributed by atoms with Gasteiger partial charge < -0.3 is 5.32 Å². The second-order valence-electron chi connectivity index (χ2n) is 4.38. The van der Waals surface area contributed by atoms with Gasteiger partial charge in [-0.3, -0.25) is 14.6 Å². The van der Waals surface area contributed by atoms with Crippen LogP contribution >= 0.6 is 23.2 Å². The topological polar surface area (TPSA) is 83.5 Å². The van der Waals surface area contributed by atoms with E-state index in [1.54, 1.807) is 42.7 Å². The number of hydrogen-bond donors (Lipinski definition) is 2. The average Bonchev–Trinajstić information content (AvgIpc) is 2.56. The number of nitrogens with one attached hydrogen (secondary N) is 2. The Labute approximate surface area is 142 Å². The maximum atomic E-state index is 11.6. The third kappa shape index (κ3) is 5.05. The smallest absolute Gasteiger partial charge is 0.329 e. The molecule has 6 nitrogen and oxygen atoms in total. The third-order valence-corrected chi connectivity index (χ3v) is 3.40. The van der Waals surface area contributed by atoms with E-state index < -0.39 is 11.8 Å². The van der Waals surface area contributed by atoms with Crippen LogP contribution in [0.15, 0.2) is 47.8 Å². The monoisotopic (exact) mass is 350 g/mol. The van der Waals surface area contributed by atoms with E-state index in [0.717, 1.165) is 5.56 Å². The minimum atomic E-state index is -0.895. The van der Waals surface area contributed by atoms with Crippen molar-refractivity contribution in [3.63, 3.8) is 0 Å². The van der Waals surface area contributed by atoms with Crippen molar-refractivity contribution >= 4 is 41.2 Å². The molecule has 2 rings (SSSR count). The summed E-state index contributed by atoms with van der Waals surface area (Å²) < 4.78 is 0. The first-order chi connectivity index (χ1) is 11.1. The van der Waals surface area contributed by atoms with Gasteiger partial charge in [0.1, 0.15) is 0 Å². The largest absolute Gasteiger partial charge is 0.344 e. The first-order valence-electron chi connectivity index (χ1n) is 6.52. The summed E-state index contributed by atoms with van der Waals surface area (Å²) in [4.78, 5) is 27.1. The summed E-state index contributed by atoms with van der Waals surface area (Å²) in [5.74, 6) is -1.70. The molecule has 2 amide bonds. The summed E-state index contributed by atoms with van der Waals surface area (Å²) in [5, 5.41) is 6.90. The second-order valence-corrected chi connectivity index (χ2v) is 5.19. The van der Waals surface area contributed by atoms with E-state index in [1.165, 1.54) is 6.21 Å². The molecule has 1 heterocycles. The Morgan fingerprint density at radius 2 is 1.87 bits per heavy atom. The molecule has 0 radical (unpaired) electrons. The molecule has 23 heavy (non-hydrogen) atoms. The molecule has 0 bridgehead atoms. The molecule has 0 saturated carbocycles. The average molecular weight is 351 g/mol. The van der Waals surface area contributed by atoms with Gasteiger partial charge >= 0.3 is 11.8 Å². The predicted octanol–water partition coefficient (Wildman–Crippen LogP) is 2.15. The van der Waals surface area contributed by atoms with Crippen LogP contribution in [0.1, 0.15) is 11.1 Å². The van der Waals surface area contributed by atoms with Crippen molar-refractivity contribution in [3.05, 3.63) is 63.9 Å². The van der Waals surface area contributed by atoms with Gasteiger partial charge in [-0.2, -0.15) is 5.10 Å². The number of hydrogen-bond acceptors (Lipinski definition) is 4. The van der Waals surface area contributed by atoms with Crippen molar-refractivity contribution < 1.29 is 9.59 Å². The van der Waals surface area contributed by atoms with E-state index in [0.29, 0.717) is 15.6 Å². The summed E-state index contributed by atoms with van der Waals surface area (Å²) in [7, 11) is 0. The van der Waals surface area contributed by atoms with Gasteiger partial charge in [0.2, 0.25) is 0 Å².